The lowest BCUT2D eigenvalue weighted by Crippen LogP contribution is -2.21. The summed E-state index contributed by atoms with van der Waals surface area (Å²) in [6.45, 7) is 3.73. The number of methoxy groups -OCH3 is 2. The van der Waals surface area contributed by atoms with E-state index in [1.807, 2.05) is 32.1 Å². The molecule has 2 atom stereocenters. The van der Waals surface area contributed by atoms with Gasteiger partial charge in [-0.1, -0.05) is 36.8 Å². The first kappa shape index (κ1) is 19.1. The van der Waals surface area contributed by atoms with Crippen LogP contribution < -0.4 is 0 Å². The van der Waals surface area contributed by atoms with Gasteiger partial charge in [-0.2, -0.15) is 0 Å². The van der Waals surface area contributed by atoms with E-state index in [9.17, 15) is 14.7 Å². The van der Waals surface area contributed by atoms with E-state index in [2.05, 4.69) is 9.47 Å². The molecule has 0 bridgehead atoms. The summed E-state index contributed by atoms with van der Waals surface area (Å²) in [6, 6.07) is 0. The first-order valence-electron chi connectivity index (χ1n) is 6.75. The smallest absolute Gasteiger partial charge is 0.330 e. The quantitative estimate of drug-likeness (QED) is 0.422. The van der Waals surface area contributed by atoms with Gasteiger partial charge in [0, 0.05) is 6.08 Å². The Bertz CT molecular complexity index is 420. The van der Waals surface area contributed by atoms with Gasteiger partial charge in [-0.15, -0.1) is 0 Å². The van der Waals surface area contributed by atoms with Crippen LogP contribution in [0.15, 0.2) is 36.0 Å². The molecule has 0 aromatic heterocycles. The van der Waals surface area contributed by atoms with Gasteiger partial charge in [0.2, 0.25) is 0 Å². The van der Waals surface area contributed by atoms with Crippen LogP contribution in [0, 0.1) is 5.92 Å². The molecule has 1 N–H and O–H groups in total. The molecule has 5 heteroatoms. The number of aliphatic hydroxyl groups excluding tert-OH is 1. The molecule has 0 radical (unpaired) electrons. The normalized spacial score (nSPS) is 15.2. The lowest BCUT2D eigenvalue weighted by molar-refractivity contribution is -0.143. The van der Waals surface area contributed by atoms with Gasteiger partial charge in [0.15, 0.2) is 0 Å². The maximum atomic E-state index is 11.0. The van der Waals surface area contributed by atoms with Crippen molar-refractivity contribution in [1.82, 2.24) is 0 Å². The van der Waals surface area contributed by atoms with Crippen LogP contribution in [0.4, 0.5) is 0 Å². The summed E-state index contributed by atoms with van der Waals surface area (Å²) < 4.78 is 9.00. The van der Waals surface area contributed by atoms with Gasteiger partial charge in [0.25, 0.3) is 0 Å². The van der Waals surface area contributed by atoms with Crippen LogP contribution in [-0.4, -0.2) is 37.4 Å². The highest BCUT2D eigenvalue weighted by Crippen LogP contribution is 2.13. The van der Waals surface area contributed by atoms with Crippen LogP contribution in [0.3, 0.4) is 0 Å². The topological polar surface area (TPSA) is 72.8 Å². The molecule has 0 heterocycles. The second kappa shape index (κ2) is 10.9. The summed E-state index contributed by atoms with van der Waals surface area (Å²) in [5, 5.41) is 9.79. The van der Waals surface area contributed by atoms with Gasteiger partial charge >= 0.3 is 11.9 Å². The molecule has 5 nitrogen and oxygen atoms in total. The molecule has 0 rings (SSSR count). The number of allylic oxidation sites excluding steroid dienone is 5. The number of rotatable bonds is 8. The highest BCUT2D eigenvalue weighted by atomic mass is 16.5. The standard InChI is InChI=1S/C16H24O5/c1-12(9-10-15(18)20-3)7-5-6-8-13(2)14(17)11-16(19)21-4/h5-7,9-10,13-14,17H,8,11H2,1-4H3/b6-5+,10-9+,12-7+. The molecule has 0 amide bonds. The number of carbonyl (C=O) groups excluding carboxylic acids is 2. The SMILES string of the molecule is COC(=O)/C=C/C(C)=C/C=C/CC(C)C(O)CC(=O)OC. The lowest BCUT2D eigenvalue weighted by Gasteiger charge is -2.15. The van der Waals surface area contributed by atoms with Crippen molar-refractivity contribution in [2.45, 2.75) is 32.8 Å². The number of hydrogen-bond acceptors (Lipinski definition) is 5. The van der Waals surface area contributed by atoms with Crippen LogP contribution in [0.5, 0.6) is 0 Å². The van der Waals surface area contributed by atoms with E-state index in [1.165, 1.54) is 20.3 Å². The Morgan fingerprint density at radius 2 is 1.86 bits per heavy atom. The van der Waals surface area contributed by atoms with E-state index in [0.29, 0.717) is 6.42 Å². The molecule has 0 aliphatic carbocycles. The molecule has 21 heavy (non-hydrogen) atoms. The number of esters is 2. The highest BCUT2D eigenvalue weighted by Gasteiger charge is 2.16. The first-order chi connectivity index (χ1) is 9.90. The van der Waals surface area contributed by atoms with E-state index in [4.69, 9.17) is 0 Å². The molecule has 0 aliphatic heterocycles. The zero-order valence-corrected chi connectivity index (χ0v) is 13.0. The Morgan fingerprint density at radius 1 is 1.19 bits per heavy atom. The van der Waals surface area contributed by atoms with Gasteiger partial charge < -0.3 is 14.6 Å². The summed E-state index contributed by atoms with van der Waals surface area (Å²) in [6.07, 6.45) is 8.53. The summed E-state index contributed by atoms with van der Waals surface area (Å²) in [5.74, 6) is -0.854. The molecule has 0 fully saturated rings. The van der Waals surface area contributed by atoms with Gasteiger partial charge in [-0.3, -0.25) is 4.79 Å². The predicted octanol–water partition coefficient (Wildman–Crippen LogP) is 2.17. The van der Waals surface area contributed by atoms with Crippen molar-refractivity contribution in [3.05, 3.63) is 36.0 Å². The minimum Gasteiger partial charge on any atom is -0.469 e. The molecule has 0 saturated heterocycles. The van der Waals surface area contributed by atoms with Crippen molar-refractivity contribution < 1.29 is 24.2 Å². The fraction of sp³-hybridized carbons (Fsp3) is 0.500. The Labute approximate surface area is 125 Å². The fourth-order valence-electron chi connectivity index (χ4n) is 1.45. The van der Waals surface area contributed by atoms with E-state index in [1.54, 1.807) is 6.08 Å². The van der Waals surface area contributed by atoms with Crippen molar-refractivity contribution in [2.24, 2.45) is 5.92 Å². The zero-order valence-electron chi connectivity index (χ0n) is 13.0. The third-order valence-electron chi connectivity index (χ3n) is 2.95. The Balaban J connectivity index is 4.23. The first-order valence-corrected chi connectivity index (χ1v) is 6.75. The summed E-state index contributed by atoms with van der Waals surface area (Å²) in [5.41, 5.74) is 0.902. The number of ether oxygens (including phenoxy) is 2. The molecule has 2 unspecified atom stereocenters. The number of carbonyl (C=O) groups is 2. The lowest BCUT2D eigenvalue weighted by atomic mass is 9.98. The van der Waals surface area contributed by atoms with Crippen molar-refractivity contribution in [2.75, 3.05) is 14.2 Å². The Hall–Kier alpha value is -1.88. The van der Waals surface area contributed by atoms with Crippen molar-refractivity contribution in [3.8, 4) is 0 Å². The maximum absolute atomic E-state index is 11.0. The number of hydrogen-bond donors (Lipinski definition) is 1. The molecule has 0 aliphatic rings. The third kappa shape index (κ3) is 9.62. The van der Waals surface area contributed by atoms with Gasteiger partial charge in [-0.25, -0.2) is 4.79 Å². The molecule has 118 valence electrons. The molecule has 0 aromatic carbocycles. The van der Waals surface area contributed by atoms with E-state index in [0.717, 1.165) is 5.57 Å². The molecule has 0 spiro atoms. The maximum Gasteiger partial charge on any atom is 0.330 e. The molecule has 0 saturated carbocycles. The third-order valence-corrected chi connectivity index (χ3v) is 2.95. The summed E-state index contributed by atoms with van der Waals surface area (Å²) in [4.78, 5) is 21.9. The van der Waals surface area contributed by atoms with E-state index < -0.39 is 18.0 Å². The molecular weight excluding hydrogens is 272 g/mol. The molecular formula is C16H24O5. The Morgan fingerprint density at radius 3 is 2.43 bits per heavy atom. The second-order valence-electron chi connectivity index (χ2n) is 4.76. The summed E-state index contributed by atoms with van der Waals surface area (Å²) >= 11 is 0. The molecule has 0 aromatic rings. The van der Waals surface area contributed by atoms with Crippen LogP contribution in [0.2, 0.25) is 0 Å². The van der Waals surface area contributed by atoms with Gasteiger partial charge in [-0.05, 0) is 19.3 Å². The van der Waals surface area contributed by atoms with Crippen LogP contribution in [-0.2, 0) is 19.1 Å². The zero-order chi connectivity index (χ0) is 16.3. The van der Waals surface area contributed by atoms with E-state index in [-0.39, 0.29) is 12.3 Å². The van der Waals surface area contributed by atoms with Crippen LogP contribution in [0.25, 0.3) is 0 Å². The second-order valence-corrected chi connectivity index (χ2v) is 4.76. The van der Waals surface area contributed by atoms with E-state index >= 15 is 0 Å². The fourth-order valence-corrected chi connectivity index (χ4v) is 1.45. The minimum absolute atomic E-state index is 0.00222. The van der Waals surface area contributed by atoms with Crippen LogP contribution in [0.1, 0.15) is 26.7 Å². The summed E-state index contributed by atoms with van der Waals surface area (Å²) in [7, 11) is 2.63. The largest absolute Gasteiger partial charge is 0.469 e. The predicted molar refractivity (Wildman–Crippen MR) is 80.5 cm³/mol. The minimum atomic E-state index is -0.716. The average molecular weight is 296 g/mol. The average Bonchev–Trinajstić information content (AvgIpc) is 2.48. The van der Waals surface area contributed by atoms with Gasteiger partial charge in [0.05, 0.1) is 26.7 Å². The van der Waals surface area contributed by atoms with Crippen LogP contribution >= 0.6 is 0 Å². The van der Waals surface area contributed by atoms with Gasteiger partial charge in [0.1, 0.15) is 0 Å². The van der Waals surface area contributed by atoms with Crippen molar-refractivity contribution in [1.29, 1.82) is 0 Å². The Kier molecular flexibility index (Phi) is 9.88. The number of aliphatic hydroxyl groups is 1. The van der Waals surface area contributed by atoms with Crippen molar-refractivity contribution in [3.63, 3.8) is 0 Å². The van der Waals surface area contributed by atoms with Crippen molar-refractivity contribution >= 4 is 11.9 Å². The monoisotopic (exact) mass is 296 g/mol. The highest BCUT2D eigenvalue weighted by molar-refractivity contribution is 5.82.